The topological polar surface area (TPSA) is 80.9 Å². The summed E-state index contributed by atoms with van der Waals surface area (Å²) in [6.07, 6.45) is 10.9. The van der Waals surface area contributed by atoms with Crippen LogP contribution in [0.5, 0.6) is 11.5 Å². The summed E-state index contributed by atoms with van der Waals surface area (Å²) in [5, 5.41) is 15.0. The van der Waals surface area contributed by atoms with Gasteiger partial charge in [0.15, 0.2) is 11.4 Å². The van der Waals surface area contributed by atoms with Gasteiger partial charge in [-0.3, -0.25) is 9.48 Å². The average molecular weight is 337 g/mol. The van der Waals surface area contributed by atoms with Crippen LogP contribution in [0.2, 0.25) is 0 Å². The zero-order valence-electron chi connectivity index (χ0n) is 14.0. The lowest BCUT2D eigenvalue weighted by molar-refractivity contribution is -0.116. The number of aromatic nitrogens is 2. The van der Waals surface area contributed by atoms with Crippen molar-refractivity contribution < 1.29 is 9.53 Å². The Morgan fingerprint density at radius 1 is 1.28 bits per heavy atom. The second-order valence-corrected chi connectivity index (χ2v) is 5.91. The molecule has 0 fully saturated rings. The smallest absolute Gasteiger partial charge is 0.224 e. The summed E-state index contributed by atoms with van der Waals surface area (Å²) in [6.45, 7) is 0. The molecule has 0 bridgehead atoms. The molecule has 7 nitrogen and oxygen atoms in total. The van der Waals surface area contributed by atoms with Crippen LogP contribution >= 0.6 is 0 Å². The minimum absolute atomic E-state index is 0.0710. The fourth-order valence-electron chi connectivity index (χ4n) is 2.40. The van der Waals surface area contributed by atoms with Crippen LogP contribution in [0.4, 0.5) is 5.69 Å². The first-order valence-electron chi connectivity index (χ1n) is 8.02. The van der Waals surface area contributed by atoms with Crippen molar-refractivity contribution in [1.29, 1.82) is 0 Å². The van der Waals surface area contributed by atoms with Gasteiger partial charge in [-0.2, -0.15) is 15.3 Å². The van der Waals surface area contributed by atoms with Crippen molar-refractivity contribution in [3.05, 3.63) is 36.7 Å². The van der Waals surface area contributed by atoms with E-state index in [-0.39, 0.29) is 5.91 Å². The van der Waals surface area contributed by atoms with Crippen LogP contribution in [0.25, 0.3) is 0 Å². The molecule has 1 N–H and O–H groups in total. The van der Waals surface area contributed by atoms with E-state index in [0.29, 0.717) is 42.9 Å². The summed E-state index contributed by atoms with van der Waals surface area (Å²) in [4.78, 5) is 12.1. The first-order chi connectivity index (χ1) is 12.1. The summed E-state index contributed by atoms with van der Waals surface area (Å²) >= 11 is 0. The number of terminal acetylenes is 1. The molecule has 0 saturated carbocycles. The Labute approximate surface area is 146 Å². The Bertz CT molecular complexity index is 811. The molecule has 128 valence electrons. The molecule has 1 aromatic carbocycles. The highest BCUT2D eigenvalue weighted by Gasteiger charge is 2.39. The van der Waals surface area contributed by atoms with E-state index in [1.165, 1.54) is 0 Å². The lowest BCUT2D eigenvalue weighted by Crippen LogP contribution is -2.17. The van der Waals surface area contributed by atoms with Gasteiger partial charge in [0.05, 0.1) is 12.4 Å². The number of nitrogens with one attached hydrogen (secondary N) is 1. The Balaban J connectivity index is 1.46. The summed E-state index contributed by atoms with van der Waals surface area (Å²) < 4.78 is 7.33. The molecule has 3 rings (SSSR count). The Morgan fingerprint density at radius 3 is 2.64 bits per heavy atom. The normalized spacial score (nSPS) is 13.9. The second kappa shape index (κ2) is 7.18. The molecule has 7 heteroatoms. The van der Waals surface area contributed by atoms with Gasteiger partial charge in [-0.1, -0.05) is 0 Å². The number of ether oxygens (including phenoxy) is 1. The third kappa shape index (κ3) is 4.67. The number of carbonyl (C=O) groups is 1. The minimum atomic E-state index is -0.425. The predicted molar refractivity (Wildman–Crippen MR) is 93.2 cm³/mol. The molecular weight excluding hydrogens is 318 g/mol. The first kappa shape index (κ1) is 16.7. The second-order valence-electron chi connectivity index (χ2n) is 5.91. The number of amides is 1. The van der Waals surface area contributed by atoms with E-state index >= 15 is 0 Å². The number of carbonyl (C=O) groups excluding carboxylic acids is 1. The lowest BCUT2D eigenvalue weighted by Gasteiger charge is -2.10. The zero-order valence-corrected chi connectivity index (χ0v) is 14.0. The van der Waals surface area contributed by atoms with E-state index in [2.05, 4.69) is 26.6 Å². The summed E-state index contributed by atoms with van der Waals surface area (Å²) in [5.41, 5.74) is 0.288. The third-order valence-electron chi connectivity index (χ3n) is 3.86. The number of nitrogens with zero attached hydrogens (tertiary/aromatic N) is 4. The lowest BCUT2D eigenvalue weighted by atomic mass is 10.0. The average Bonchev–Trinajstić information content (AvgIpc) is 3.27. The van der Waals surface area contributed by atoms with Gasteiger partial charge in [0.2, 0.25) is 5.91 Å². The molecule has 2 heterocycles. The molecule has 1 aliphatic heterocycles. The maximum Gasteiger partial charge on any atom is 0.224 e. The first-order valence-corrected chi connectivity index (χ1v) is 8.02. The molecule has 1 aliphatic rings. The van der Waals surface area contributed by atoms with Crippen LogP contribution in [-0.2, 0) is 11.8 Å². The van der Waals surface area contributed by atoms with Crippen molar-refractivity contribution in [3.63, 3.8) is 0 Å². The van der Waals surface area contributed by atoms with Crippen LogP contribution < -0.4 is 10.1 Å². The summed E-state index contributed by atoms with van der Waals surface area (Å²) in [7, 11) is 1.82. The minimum Gasteiger partial charge on any atom is -0.454 e. The Morgan fingerprint density at radius 2 is 2.04 bits per heavy atom. The van der Waals surface area contributed by atoms with Crippen LogP contribution in [0.3, 0.4) is 0 Å². The van der Waals surface area contributed by atoms with E-state index in [9.17, 15) is 4.79 Å². The highest BCUT2D eigenvalue weighted by atomic mass is 16.5. The molecule has 0 spiro atoms. The monoisotopic (exact) mass is 337 g/mol. The number of hydrogen-bond donors (Lipinski definition) is 1. The van der Waals surface area contributed by atoms with Crippen molar-refractivity contribution in [2.75, 3.05) is 5.32 Å². The third-order valence-corrected chi connectivity index (χ3v) is 3.86. The van der Waals surface area contributed by atoms with Gasteiger partial charge < -0.3 is 10.1 Å². The molecule has 25 heavy (non-hydrogen) atoms. The van der Waals surface area contributed by atoms with Crippen molar-refractivity contribution in [1.82, 2.24) is 9.78 Å². The number of anilines is 1. The molecular formula is C18H19N5O2. The molecule has 2 aromatic rings. The molecule has 0 atom stereocenters. The van der Waals surface area contributed by atoms with Gasteiger partial charge in [-0.25, -0.2) is 0 Å². The van der Waals surface area contributed by atoms with Gasteiger partial charge in [0, 0.05) is 38.4 Å². The summed E-state index contributed by atoms with van der Waals surface area (Å²) in [5.74, 6) is 3.84. The number of rotatable bonds is 8. The molecule has 1 aromatic heterocycles. The fourth-order valence-corrected chi connectivity index (χ4v) is 2.40. The van der Waals surface area contributed by atoms with Crippen LogP contribution in [0, 0.1) is 12.3 Å². The molecule has 0 unspecified atom stereocenters. The number of hydrogen-bond acceptors (Lipinski definition) is 5. The number of aryl methyl sites for hydroxylation is 1. The van der Waals surface area contributed by atoms with Crippen LogP contribution in [0.1, 0.15) is 25.7 Å². The van der Waals surface area contributed by atoms with E-state index in [1.807, 2.05) is 7.05 Å². The fraction of sp³-hybridized carbons (Fsp3) is 0.333. The Kier molecular flexibility index (Phi) is 4.80. The van der Waals surface area contributed by atoms with E-state index in [1.54, 1.807) is 41.3 Å². The van der Waals surface area contributed by atoms with Crippen molar-refractivity contribution >= 4 is 11.6 Å². The largest absolute Gasteiger partial charge is 0.454 e. The predicted octanol–water partition coefficient (Wildman–Crippen LogP) is 3.51. The van der Waals surface area contributed by atoms with Gasteiger partial charge in [-0.05, 0) is 24.3 Å². The van der Waals surface area contributed by atoms with E-state index < -0.39 is 5.66 Å². The van der Waals surface area contributed by atoms with Gasteiger partial charge >= 0.3 is 0 Å². The molecule has 0 aliphatic carbocycles. The van der Waals surface area contributed by atoms with Crippen molar-refractivity contribution in [2.45, 2.75) is 31.3 Å². The highest BCUT2D eigenvalue weighted by molar-refractivity contribution is 5.90. The summed E-state index contributed by atoms with van der Waals surface area (Å²) in [6, 6.07) is 7.18. The van der Waals surface area contributed by atoms with Crippen LogP contribution in [0.15, 0.2) is 46.9 Å². The quantitative estimate of drug-likeness (QED) is 0.749. The molecule has 1 amide bonds. The van der Waals surface area contributed by atoms with Gasteiger partial charge in [0.25, 0.3) is 0 Å². The standard InChI is InChI=1S/C18H19N5O2/c1-3-4-10-18(21-22-18)11-9-17(24)20-14-5-7-15(8-6-14)25-16-12-19-23(2)13-16/h1,5-8,12-13H,4,9-11H2,2H3,(H,20,24). The Hall–Kier alpha value is -3.14. The van der Waals surface area contributed by atoms with E-state index in [0.717, 1.165) is 0 Å². The van der Waals surface area contributed by atoms with Gasteiger partial charge in [0.1, 0.15) is 5.75 Å². The maximum absolute atomic E-state index is 12.1. The van der Waals surface area contributed by atoms with Crippen LogP contribution in [-0.4, -0.2) is 21.4 Å². The van der Waals surface area contributed by atoms with Gasteiger partial charge in [-0.15, -0.1) is 12.3 Å². The maximum atomic E-state index is 12.1. The number of benzene rings is 1. The molecule has 0 saturated heterocycles. The van der Waals surface area contributed by atoms with Crippen molar-refractivity contribution in [2.24, 2.45) is 17.3 Å². The SMILES string of the molecule is C#CCCC1(CCC(=O)Nc2ccc(Oc3cnn(C)c3)cc2)N=N1. The highest BCUT2D eigenvalue weighted by Crippen LogP contribution is 2.37. The zero-order chi connectivity index (χ0) is 17.7. The van der Waals surface area contributed by atoms with E-state index in [4.69, 9.17) is 11.2 Å². The van der Waals surface area contributed by atoms with Crippen molar-refractivity contribution in [3.8, 4) is 23.8 Å². The molecule has 0 radical (unpaired) electrons.